The van der Waals surface area contributed by atoms with Crippen molar-refractivity contribution < 1.29 is 24.2 Å². The maximum absolute atomic E-state index is 12.5. The summed E-state index contributed by atoms with van der Waals surface area (Å²) in [5.74, 6) is 0.336. The quantitative estimate of drug-likeness (QED) is 0.395. The molecule has 152 valence electrons. The fourth-order valence-electron chi connectivity index (χ4n) is 4.28. The molecule has 5 heteroatoms. The van der Waals surface area contributed by atoms with Gasteiger partial charge in [-0.05, 0) is 69.6 Å². The minimum absolute atomic E-state index is 0.0881. The van der Waals surface area contributed by atoms with Crippen LogP contribution in [0.3, 0.4) is 0 Å². The van der Waals surface area contributed by atoms with Crippen LogP contribution in [-0.4, -0.2) is 35.9 Å². The Kier molecular flexibility index (Phi) is 8.08. The molecule has 6 atom stereocenters. The third-order valence-corrected chi connectivity index (χ3v) is 6.09. The molecule has 2 rings (SSSR count). The molecular formula is C22H34O5. The second-order valence-corrected chi connectivity index (χ2v) is 8.35. The van der Waals surface area contributed by atoms with Gasteiger partial charge in [0, 0.05) is 5.57 Å². The number of carbonyl (C=O) groups excluding carboxylic acids is 2. The number of rotatable bonds is 8. The summed E-state index contributed by atoms with van der Waals surface area (Å²) in [6, 6.07) is 0. The van der Waals surface area contributed by atoms with Crippen LogP contribution in [-0.2, 0) is 19.1 Å². The van der Waals surface area contributed by atoms with Crippen molar-refractivity contribution in [3.63, 3.8) is 0 Å². The van der Waals surface area contributed by atoms with E-state index in [1.807, 2.05) is 13.0 Å². The van der Waals surface area contributed by atoms with Crippen LogP contribution in [0.4, 0.5) is 0 Å². The van der Waals surface area contributed by atoms with Crippen LogP contribution in [0.25, 0.3) is 0 Å². The maximum atomic E-state index is 12.5. The third kappa shape index (κ3) is 6.20. The lowest BCUT2D eigenvalue weighted by molar-refractivity contribution is -0.165. The molecule has 0 spiro atoms. The average Bonchev–Trinajstić information content (AvgIpc) is 3.09. The normalized spacial score (nSPS) is 31.7. The van der Waals surface area contributed by atoms with Gasteiger partial charge in [0.15, 0.2) is 0 Å². The van der Waals surface area contributed by atoms with Crippen molar-refractivity contribution in [2.24, 2.45) is 23.7 Å². The summed E-state index contributed by atoms with van der Waals surface area (Å²) in [5, 5.41) is 10.4. The molecule has 27 heavy (non-hydrogen) atoms. The van der Waals surface area contributed by atoms with Crippen LogP contribution in [0.15, 0.2) is 24.8 Å². The second kappa shape index (κ2) is 10.1. The molecule has 2 aliphatic rings. The van der Waals surface area contributed by atoms with E-state index in [-0.39, 0.29) is 24.4 Å². The summed E-state index contributed by atoms with van der Waals surface area (Å²) in [6.45, 7) is 11.2. The van der Waals surface area contributed by atoms with Crippen molar-refractivity contribution in [3.8, 4) is 0 Å². The lowest BCUT2D eigenvalue weighted by atomic mass is 9.85. The molecule has 0 amide bonds. The third-order valence-electron chi connectivity index (χ3n) is 6.09. The van der Waals surface area contributed by atoms with Gasteiger partial charge in [-0.15, -0.1) is 6.58 Å². The van der Waals surface area contributed by atoms with Gasteiger partial charge < -0.3 is 14.6 Å². The van der Waals surface area contributed by atoms with Crippen LogP contribution >= 0.6 is 0 Å². The van der Waals surface area contributed by atoms with E-state index in [4.69, 9.17) is 9.47 Å². The summed E-state index contributed by atoms with van der Waals surface area (Å²) < 4.78 is 10.8. The number of esters is 2. The van der Waals surface area contributed by atoms with Crippen molar-refractivity contribution in [3.05, 3.63) is 24.8 Å². The number of ether oxygens (including phenoxy) is 2. The first-order chi connectivity index (χ1) is 12.8. The van der Waals surface area contributed by atoms with Crippen molar-refractivity contribution in [2.45, 2.75) is 71.0 Å². The van der Waals surface area contributed by atoms with Gasteiger partial charge in [-0.25, -0.2) is 4.79 Å². The number of hydrogen-bond acceptors (Lipinski definition) is 5. The summed E-state index contributed by atoms with van der Waals surface area (Å²) in [6.07, 6.45) is 6.88. The number of aliphatic hydroxyl groups excluding tert-OH is 1. The van der Waals surface area contributed by atoms with Gasteiger partial charge in [-0.1, -0.05) is 19.6 Å². The van der Waals surface area contributed by atoms with Gasteiger partial charge in [0.25, 0.3) is 0 Å². The Morgan fingerprint density at radius 1 is 1.19 bits per heavy atom. The smallest absolute Gasteiger partial charge is 0.333 e. The van der Waals surface area contributed by atoms with Crippen molar-refractivity contribution in [1.82, 2.24) is 0 Å². The van der Waals surface area contributed by atoms with Crippen LogP contribution in [0.2, 0.25) is 0 Å². The Labute approximate surface area is 162 Å². The molecule has 0 saturated heterocycles. The Morgan fingerprint density at radius 3 is 2.52 bits per heavy atom. The van der Waals surface area contributed by atoms with Gasteiger partial charge in [0.05, 0.1) is 18.6 Å². The van der Waals surface area contributed by atoms with E-state index >= 15 is 0 Å². The Hall–Kier alpha value is -1.62. The molecule has 5 nitrogen and oxygen atoms in total. The van der Waals surface area contributed by atoms with Crippen molar-refractivity contribution in [2.75, 3.05) is 6.61 Å². The molecule has 0 aromatic rings. The summed E-state index contributed by atoms with van der Waals surface area (Å²) in [7, 11) is 0. The first-order valence-corrected chi connectivity index (χ1v) is 10.1. The molecule has 1 N–H and O–H groups in total. The average molecular weight is 379 g/mol. The molecular weight excluding hydrogens is 344 g/mol. The summed E-state index contributed by atoms with van der Waals surface area (Å²) in [4.78, 5) is 24.0. The summed E-state index contributed by atoms with van der Waals surface area (Å²) >= 11 is 0. The predicted octanol–water partition coefficient (Wildman–Crippen LogP) is 3.81. The number of carbonyl (C=O) groups is 2. The van der Waals surface area contributed by atoms with Crippen molar-refractivity contribution in [1.29, 1.82) is 0 Å². The zero-order valence-corrected chi connectivity index (χ0v) is 16.7. The highest BCUT2D eigenvalue weighted by Crippen LogP contribution is 2.38. The summed E-state index contributed by atoms with van der Waals surface area (Å²) in [5.41, 5.74) is 0.370. The lowest BCUT2D eigenvalue weighted by Gasteiger charge is -2.33. The molecule has 6 unspecified atom stereocenters. The standard InChI is InChI=1S/C22H34O5/c1-5-6-16-7-9-18(11-16)15(4)22(25)27-20-10-8-17(12-19(20)23)13-26-21(24)14(2)3/h5,15-20,23H,1-2,6-13H2,3-4H3. The number of aliphatic hydroxyl groups is 1. The Morgan fingerprint density at radius 2 is 1.89 bits per heavy atom. The Bertz CT molecular complexity index is 555. The zero-order valence-electron chi connectivity index (χ0n) is 16.7. The van der Waals surface area contributed by atoms with Crippen LogP contribution < -0.4 is 0 Å². The molecule has 0 radical (unpaired) electrons. The monoisotopic (exact) mass is 378 g/mol. The molecule has 2 saturated carbocycles. The number of allylic oxidation sites excluding steroid dienone is 1. The van der Waals surface area contributed by atoms with E-state index in [1.165, 1.54) is 0 Å². The molecule has 2 fully saturated rings. The van der Waals surface area contributed by atoms with Gasteiger partial charge in [0.2, 0.25) is 0 Å². The molecule has 0 aliphatic heterocycles. The van der Waals surface area contributed by atoms with Crippen LogP contribution in [0.5, 0.6) is 0 Å². The minimum atomic E-state index is -0.708. The number of hydrogen-bond donors (Lipinski definition) is 1. The first kappa shape index (κ1) is 21.7. The van der Waals surface area contributed by atoms with Gasteiger partial charge in [-0.3, -0.25) is 4.79 Å². The molecule has 0 aromatic carbocycles. The van der Waals surface area contributed by atoms with Gasteiger partial charge in [0.1, 0.15) is 6.10 Å². The highest BCUT2D eigenvalue weighted by atomic mass is 16.6. The topological polar surface area (TPSA) is 72.8 Å². The van der Waals surface area contributed by atoms with E-state index in [2.05, 4.69) is 13.2 Å². The molecule has 0 aromatic heterocycles. The molecule has 2 aliphatic carbocycles. The predicted molar refractivity (Wildman–Crippen MR) is 104 cm³/mol. The fourth-order valence-corrected chi connectivity index (χ4v) is 4.28. The highest BCUT2D eigenvalue weighted by Gasteiger charge is 2.36. The molecule has 0 heterocycles. The van der Waals surface area contributed by atoms with Crippen LogP contribution in [0.1, 0.15) is 58.8 Å². The second-order valence-electron chi connectivity index (χ2n) is 8.35. The van der Waals surface area contributed by atoms with E-state index in [9.17, 15) is 14.7 Å². The van der Waals surface area contributed by atoms with Gasteiger partial charge in [-0.2, -0.15) is 0 Å². The first-order valence-electron chi connectivity index (χ1n) is 10.1. The molecule has 0 bridgehead atoms. The van der Waals surface area contributed by atoms with E-state index in [0.29, 0.717) is 30.3 Å². The lowest BCUT2D eigenvalue weighted by Crippen LogP contribution is -2.40. The zero-order chi connectivity index (χ0) is 20.0. The van der Waals surface area contributed by atoms with Crippen LogP contribution in [0, 0.1) is 23.7 Å². The Balaban J connectivity index is 1.76. The fraction of sp³-hybridized carbons (Fsp3) is 0.727. The largest absolute Gasteiger partial charge is 0.462 e. The van der Waals surface area contributed by atoms with E-state index in [0.717, 1.165) is 32.1 Å². The van der Waals surface area contributed by atoms with E-state index in [1.54, 1.807) is 6.92 Å². The SMILES string of the molecule is C=CCC1CCC(C(C)C(=O)OC2CCC(COC(=O)C(=C)C)CC2O)C1. The maximum Gasteiger partial charge on any atom is 0.333 e. The highest BCUT2D eigenvalue weighted by molar-refractivity contribution is 5.86. The van der Waals surface area contributed by atoms with Gasteiger partial charge >= 0.3 is 11.9 Å². The van der Waals surface area contributed by atoms with E-state index < -0.39 is 18.2 Å². The van der Waals surface area contributed by atoms with Crippen molar-refractivity contribution >= 4 is 11.9 Å². The minimum Gasteiger partial charge on any atom is -0.462 e.